The molecule has 158 valence electrons. The molecular formula is C23H22N4O3S. The Kier molecular flexibility index (Phi) is 5.75. The number of nitrogens with zero attached hydrogens (tertiary/aromatic N) is 3. The number of nitrogens with one attached hydrogen (secondary N) is 1. The maximum Gasteiger partial charge on any atom is 0.257 e. The monoisotopic (exact) mass is 434 g/mol. The zero-order chi connectivity index (χ0) is 21.0. The van der Waals surface area contributed by atoms with Gasteiger partial charge in [-0.3, -0.25) is 14.7 Å². The van der Waals surface area contributed by atoms with Gasteiger partial charge in [0.25, 0.3) is 5.56 Å². The Labute approximate surface area is 183 Å². The molecule has 1 saturated heterocycles. The van der Waals surface area contributed by atoms with E-state index in [2.05, 4.69) is 19.9 Å². The first-order valence-electron chi connectivity index (χ1n) is 10.2. The van der Waals surface area contributed by atoms with Crippen LogP contribution in [0.4, 0.5) is 0 Å². The molecule has 0 atom stereocenters. The second kappa shape index (κ2) is 8.97. The Hall–Kier alpha value is -3.07. The normalized spacial score (nSPS) is 14.7. The number of hydrogen-bond donors (Lipinski definition) is 1. The molecule has 8 heteroatoms. The predicted octanol–water partition coefficient (Wildman–Crippen LogP) is 3.42. The summed E-state index contributed by atoms with van der Waals surface area (Å²) in [5, 5.41) is 3.71. The molecule has 1 aliphatic rings. The summed E-state index contributed by atoms with van der Waals surface area (Å²) in [6, 6.07) is 11.5. The first-order chi connectivity index (χ1) is 15.3. The van der Waals surface area contributed by atoms with Crippen LogP contribution in [-0.2, 0) is 4.74 Å². The molecule has 3 aromatic heterocycles. The van der Waals surface area contributed by atoms with E-state index in [9.17, 15) is 4.79 Å². The molecule has 7 nitrogen and oxygen atoms in total. The van der Waals surface area contributed by atoms with E-state index in [0.717, 1.165) is 60.1 Å². The molecule has 1 aliphatic heterocycles. The van der Waals surface area contributed by atoms with Crippen molar-refractivity contribution in [3.63, 3.8) is 0 Å². The van der Waals surface area contributed by atoms with Crippen molar-refractivity contribution in [2.24, 2.45) is 0 Å². The summed E-state index contributed by atoms with van der Waals surface area (Å²) in [5.74, 6) is 0.748. The molecule has 31 heavy (non-hydrogen) atoms. The van der Waals surface area contributed by atoms with Gasteiger partial charge in [-0.2, -0.15) is 0 Å². The maximum atomic E-state index is 12.8. The second-order valence-electron chi connectivity index (χ2n) is 7.34. The van der Waals surface area contributed by atoms with Crippen LogP contribution >= 0.6 is 11.3 Å². The van der Waals surface area contributed by atoms with Crippen LogP contribution in [0.25, 0.3) is 32.7 Å². The van der Waals surface area contributed by atoms with Gasteiger partial charge in [0.2, 0.25) is 0 Å². The third-order valence-electron chi connectivity index (χ3n) is 5.30. The average molecular weight is 435 g/mol. The summed E-state index contributed by atoms with van der Waals surface area (Å²) in [4.78, 5) is 26.7. The van der Waals surface area contributed by atoms with Gasteiger partial charge in [-0.25, -0.2) is 4.98 Å². The number of ether oxygens (including phenoxy) is 2. The fourth-order valence-corrected chi connectivity index (χ4v) is 4.43. The molecule has 0 bridgehead atoms. The molecular weight excluding hydrogens is 412 g/mol. The van der Waals surface area contributed by atoms with Crippen molar-refractivity contribution in [3.8, 4) is 27.6 Å². The van der Waals surface area contributed by atoms with E-state index in [4.69, 9.17) is 9.47 Å². The highest BCUT2D eigenvalue weighted by Crippen LogP contribution is 2.28. The SMILES string of the molecule is O=c1[nH]c2cc(OCCN3CCOCC3)ccc2cc1-c1csc(-c2ccncc2)n1. The highest BCUT2D eigenvalue weighted by molar-refractivity contribution is 7.13. The van der Waals surface area contributed by atoms with Crippen LogP contribution in [0.5, 0.6) is 5.75 Å². The Bertz CT molecular complexity index is 1230. The zero-order valence-corrected chi connectivity index (χ0v) is 17.7. The Morgan fingerprint density at radius 1 is 1.13 bits per heavy atom. The topological polar surface area (TPSA) is 80.3 Å². The highest BCUT2D eigenvalue weighted by Gasteiger charge is 2.12. The summed E-state index contributed by atoms with van der Waals surface area (Å²) in [5.41, 5.74) is 2.81. The lowest BCUT2D eigenvalue weighted by Crippen LogP contribution is -2.38. The Balaban J connectivity index is 1.33. The zero-order valence-electron chi connectivity index (χ0n) is 16.9. The third-order valence-corrected chi connectivity index (χ3v) is 6.20. The summed E-state index contributed by atoms with van der Waals surface area (Å²) in [6.07, 6.45) is 3.47. The lowest BCUT2D eigenvalue weighted by atomic mass is 10.1. The number of rotatable bonds is 6. The summed E-state index contributed by atoms with van der Waals surface area (Å²) < 4.78 is 11.3. The number of fused-ring (bicyclic) bond motifs is 1. The number of morpholine rings is 1. The van der Waals surface area contributed by atoms with Crippen molar-refractivity contribution >= 4 is 22.2 Å². The van der Waals surface area contributed by atoms with E-state index in [1.54, 1.807) is 12.4 Å². The van der Waals surface area contributed by atoms with Gasteiger partial charge < -0.3 is 14.5 Å². The summed E-state index contributed by atoms with van der Waals surface area (Å²) >= 11 is 1.51. The van der Waals surface area contributed by atoms with Crippen LogP contribution in [0.3, 0.4) is 0 Å². The van der Waals surface area contributed by atoms with Gasteiger partial charge in [-0.15, -0.1) is 11.3 Å². The van der Waals surface area contributed by atoms with Gasteiger partial charge in [0.1, 0.15) is 17.4 Å². The number of H-pyrrole nitrogens is 1. The Morgan fingerprint density at radius 3 is 2.81 bits per heavy atom. The van der Waals surface area contributed by atoms with E-state index < -0.39 is 0 Å². The Morgan fingerprint density at radius 2 is 1.97 bits per heavy atom. The molecule has 0 spiro atoms. The van der Waals surface area contributed by atoms with Crippen molar-refractivity contribution < 1.29 is 9.47 Å². The van der Waals surface area contributed by atoms with Crippen LogP contribution in [0.2, 0.25) is 0 Å². The van der Waals surface area contributed by atoms with Crippen molar-refractivity contribution in [1.29, 1.82) is 0 Å². The molecule has 0 aliphatic carbocycles. The first kappa shape index (κ1) is 19.9. The van der Waals surface area contributed by atoms with E-state index in [1.165, 1.54) is 11.3 Å². The number of aromatic nitrogens is 3. The smallest absolute Gasteiger partial charge is 0.257 e. The molecule has 4 heterocycles. The second-order valence-corrected chi connectivity index (χ2v) is 8.20. The number of thiazole rings is 1. The van der Waals surface area contributed by atoms with Gasteiger partial charge in [-0.05, 0) is 35.7 Å². The predicted molar refractivity (Wildman–Crippen MR) is 122 cm³/mol. The molecule has 0 unspecified atom stereocenters. The van der Waals surface area contributed by atoms with E-state index in [1.807, 2.05) is 41.8 Å². The van der Waals surface area contributed by atoms with Crippen molar-refractivity contribution in [1.82, 2.24) is 19.9 Å². The number of pyridine rings is 2. The van der Waals surface area contributed by atoms with Crippen LogP contribution in [0.1, 0.15) is 0 Å². The third kappa shape index (κ3) is 4.51. The van der Waals surface area contributed by atoms with Crippen LogP contribution in [-0.4, -0.2) is 59.3 Å². The van der Waals surface area contributed by atoms with E-state index in [0.29, 0.717) is 17.9 Å². The van der Waals surface area contributed by atoms with Gasteiger partial charge in [0.15, 0.2) is 0 Å². The lowest BCUT2D eigenvalue weighted by molar-refractivity contribution is 0.0322. The van der Waals surface area contributed by atoms with Crippen LogP contribution in [0.15, 0.2) is 59.0 Å². The molecule has 4 aromatic rings. The quantitative estimate of drug-likeness (QED) is 0.501. The fraction of sp³-hybridized carbons (Fsp3) is 0.261. The van der Waals surface area contributed by atoms with Gasteiger partial charge in [0.05, 0.1) is 30.0 Å². The fourth-order valence-electron chi connectivity index (χ4n) is 3.60. The lowest BCUT2D eigenvalue weighted by Gasteiger charge is -2.26. The summed E-state index contributed by atoms with van der Waals surface area (Å²) in [6.45, 7) is 4.91. The standard InChI is InChI=1S/C23H22N4O3S/c28-22-19(21-15-31-23(26-21)16-3-5-24-6-4-16)13-17-1-2-18(14-20(17)25-22)30-12-9-27-7-10-29-11-8-27/h1-6,13-15H,7-12H2,(H,25,28). The van der Waals surface area contributed by atoms with E-state index >= 15 is 0 Å². The van der Waals surface area contributed by atoms with Crippen molar-refractivity contribution in [2.75, 3.05) is 39.5 Å². The number of benzene rings is 1. The average Bonchev–Trinajstić information content (AvgIpc) is 3.30. The molecule has 1 fully saturated rings. The summed E-state index contributed by atoms with van der Waals surface area (Å²) in [7, 11) is 0. The van der Waals surface area contributed by atoms with Gasteiger partial charge in [-0.1, -0.05) is 0 Å². The van der Waals surface area contributed by atoms with Gasteiger partial charge >= 0.3 is 0 Å². The molecule has 5 rings (SSSR count). The van der Waals surface area contributed by atoms with Crippen molar-refractivity contribution in [3.05, 3.63) is 64.5 Å². The molecule has 0 radical (unpaired) electrons. The van der Waals surface area contributed by atoms with Gasteiger partial charge in [0, 0.05) is 49.0 Å². The molecule has 1 N–H and O–H groups in total. The van der Waals surface area contributed by atoms with E-state index in [-0.39, 0.29) is 5.56 Å². The van der Waals surface area contributed by atoms with Crippen molar-refractivity contribution in [2.45, 2.75) is 0 Å². The maximum absolute atomic E-state index is 12.8. The minimum atomic E-state index is -0.162. The number of hydrogen-bond acceptors (Lipinski definition) is 7. The minimum Gasteiger partial charge on any atom is -0.492 e. The van der Waals surface area contributed by atoms with Crippen LogP contribution < -0.4 is 10.3 Å². The minimum absolute atomic E-state index is 0.162. The molecule has 0 amide bonds. The largest absolute Gasteiger partial charge is 0.492 e. The molecule has 0 saturated carbocycles. The van der Waals surface area contributed by atoms with Crippen LogP contribution in [0, 0.1) is 0 Å². The molecule has 1 aromatic carbocycles. The first-order valence-corrected chi connectivity index (χ1v) is 11.1. The number of aromatic amines is 1. The highest BCUT2D eigenvalue weighted by atomic mass is 32.1.